The highest BCUT2D eigenvalue weighted by molar-refractivity contribution is 7.09. The van der Waals surface area contributed by atoms with Gasteiger partial charge in [-0.1, -0.05) is 13.8 Å². The first-order valence-electron chi connectivity index (χ1n) is 5.27. The van der Waals surface area contributed by atoms with Gasteiger partial charge >= 0.3 is 0 Å². The summed E-state index contributed by atoms with van der Waals surface area (Å²) in [5, 5.41) is 12.1. The summed E-state index contributed by atoms with van der Waals surface area (Å²) in [7, 11) is 0. The van der Waals surface area contributed by atoms with Gasteiger partial charge in [0.1, 0.15) is 0 Å². The second kappa shape index (κ2) is 4.76. The maximum absolute atomic E-state index is 8.93. The SMILES string of the molecule is CC(C)Cc1csc(CC(C)(C)C#N)n1. The number of hydrogen-bond acceptors (Lipinski definition) is 3. The molecule has 0 aromatic carbocycles. The first-order chi connectivity index (χ1) is 6.93. The summed E-state index contributed by atoms with van der Waals surface area (Å²) in [5.41, 5.74) is 0.867. The van der Waals surface area contributed by atoms with Gasteiger partial charge in [0, 0.05) is 11.8 Å². The zero-order valence-electron chi connectivity index (χ0n) is 9.87. The number of nitriles is 1. The highest BCUT2D eigenvalue weighted by Gasteiger charge is 2.19. The van der Waals surface area contributed by atoms with Crippen molar-refractivity contribution in [3.63, 3.8) is 0 Å². The van der Waals surface area contributed by atoms with Gasteiger partial charge < -0.3 is 0 Å². The molecule has 0 aliphatic carbocycles. The Kier molecular flexibility index (Phi) is 3.87. The van der Waals surface area contributed by atoms with E-state index in [9.17, 15) is 0 Å². The molecule has 0 aliphatic heterocycles. The molecular weight excluding hydrogens is 204 g/mol. The standard InChI is InChI=1S/C12H18N2S/c1-9(2)5-10-7-15-11(14-10)6-12(3,4)8-13/h7,9H,5-6H2,1-4H3. The van der Waals surface area contributed by atoms with Gasteiger partial charge in [-0.15, -0.1) is 11.3 Å². The molecule has 0 unspecified atom stereocenters. The quantitative estimate of drug-likeness (QED) is 0.782. The minimum Gasteiger partial charge on any atom is -0.246 e. The molecule has 1 aromatic rings. The fourth-order valence-electron chi connectivity index (χ4n) is 1.36. The molecule has 0 saturated heterocycles. The van der Waals surface area contributed by atoms with Crippen molar-refractivity contribution < 1.29 is 0 Å². The smallest absolute Gasteiger partial charge is 0.0943 e. The number of hydrogen-bond donors (Lipinski definition) is 0. The fourth-order valence-corrected chi connectivity index (χ4v) is 2.39. The molecule has 2 nitrogen and oxygen atoms in total. The van der Waals surface area contributed by atoms with Crippen molar-refractivity contribution in [2.45, 2.75) is 40.5 Å². The summed E-state index contributed by atoms with van der Waals surface area (Å²) in [6.45, 7) is 8.30. The molecule has 0 amide bonds. The minimum absolute atomic E-state index is 0.299. The zero-order valence-corrected chi connectivity index (χ0v) is 10.7. The Balaban J connectivity index is 2.65. The first-order valence-corrected chi connectivity index (χ1v) is 6.15. The number of rotatable bonds is 4. The van der Waals surface area contributed by atoms with Crippen LogP contribution < -0.4 is 0 Å². The summed E-state index contributed by atoms with van der Waals surface area (Å²) in [5.74, 6) is 0.643. The van der Waals surface area contributed by atoms with E-state index >= 15 is 0 Å². The van der Waals surface area contributed by atoms with Crippen LogP contribution in [-0.4, -0.2) is 4.98 Å². The van der Waals surface area contributed by atoms with E-state index in [1.54, 1.807) is 11.3 Å². The predicted octanol–water partition coefficient (Wildman–Crippen LogP) is 3.43. The lowest BCUT2D eigenvalue weighted by molar-refractivity contribution is 0.491. The van der Waals surface area contributed by atoms with Gasteiger partial charge in [-0.3, -0.25) is 0 Å². The molecule has 3 heteroatoms. The van der Waals surface area contributed by atoms with E-state index in [2.05, 4.69) is 30.3 Å². The molecule has 0 aliphatic rings. The lowest BCUT2D eigenvalue weighted by Crippen LogP contribution is -2.11. The second-order valence-electron chi connectivity index (χ2n) is 5.00. The summed E-state index contributed by atoms with van der Waals surface area (Å²) in [6, 6.07) is 2.31. The molecule has 1 rings (SSSR count). The average molecular weight is 222 g/mol. The van der Waals surface area contributed by atoms with Crippen LogP contribution in [0.3, 0.4) is 0 Å². The van der Waals surface area contributed by atoms with Crippen LogP contribution in [0, 0.1) is 22.7 Å². The van der Waals surface area contributed by atoms with Gasteiger partial charge in [-0.25, -0.2) is 4.98 Å². The highest BCUT2D eigenvalue weighted by Crippen LogP contribution is 2.23. The van der Waals surface area contributed by atoms with Gasteiger partial charge in [0.05, 0.1) is 22.2 Å². The lowest BCUT2D eigenvalue weighted by atomic mass is 9.92. The van der Waals surface area contributed by atoms with E-state index in [1.165, 1.54) is 5.69 Å². The maximum Gasteiger partial charge on any atom is 0.0943 e. The summed E-state index contributed by atoms with van der Waals surface area (Å²) < 4.78 is 0. The largest absolute Gasteiger partial charge is 0.246 e. The highest BCUT2D eigenvalue weighted by atomic mass is 32.1. The molecule has 82 valence electrons. The van der Waals surface area contributed by atoms with Gasteiger partial charge in [-0.2, -0.15) is 5.26 Å². The molecule has 1 aromatic heterocycles. The zero-order chi connectivity index (χ0) is 11.5. The second-order valence-corrected chi connectivity index (χ2v) is 5.95. The Bertz CT molecular complexity index is 358. The Hall–Kier alpha value is -0.880. The Labute approximate surface area is 96.0 Å². The van der Waals surface area contributed by atoms with Gasteiger partial charge in [0.15, 0.2) is 0 Å². The van der Waals surface area contributed by atoms with Crippen LogP contribution in [0.25, 0.3) is 0 Å². The van der Waals surface area contributed by atoms with Crippen LogP contribution in [0.2, 0.25) is 0 Å². The molecule has 0 bridgehead atoms. The van der Waals surface area contributed by atoms with Gasteiger partial charge in [-0.05, 0) is 26.2 Å². The Morgan fingerprint density at radius 2 is 2.20 bits per heavy atom. The molecule has 15 heavy (non-hydrogen) atoms. The predicted molar refractivity (Wildman–Crippen MR) is 63.8 cm³/mol. The molecule has 0 atom stereocenters. The normalized spacial score (nSPS) is 11.7. The van der Waals surface area contributed by atoms with Crippen LogP contribution >= 0.6 is 11.3 Å². The fraction of sp³-hybridized carbons (Fsp3) is 0.667. The van der Waals surface area contributed by atoms with E-state index in [4.69, 9.17) is 5.26 Å². The van der Waals surface area contributed by atoms with E-state index in [1.807, 2.05) is 13.8 Å². The van der Waals surface area contributed by atoms with E-state index in [0.717, 1.165) is 17.8 Å². The van der Waals surface area contributed by atoms with Crippen molar-refractivity contribution in [3.8, 4) is 6.07 Å². The third-order valence-electron chi connectivity index (χ3n) is 2.11. The van der Waals surface area contributed by atoms with Crippen LogP contribution in [-0.2, 0) is 12.8 Å². The first kappa shape index (κ1) is 12.2. The molecule has 0 spiro atoms. The van der Waals surface area contributed by atoms with E-state index < -0.39 is 0 Å². The van der Waals surface area contributed by atoms with Crippen molar-refractivity contribution in [3.05, 3.63) is 16.1 Å². The van der Waals surface area contributed by atoms with Crippen LogP contribution in [0.1, 0.15) is 38.4 Å². The van der Waals surface area contributed by atoms with Crippen molar-refractivity contribution in [2.75, 3.05) is 0 Å². The van der Waals surface area contributed by atoms with Crippen molar-refractivity contribution in [2.24, 2.45) is 11.3 Å². The Morgan fingerprint density at radius 3 is 2.73 bits per heavy atom. The third-order valence-corrected chi connectivity index (χ3v) is 3.01. The lowest BCUT2D eigenvalue weighted by Gasteiger charge is -2.11. The topological polar surface area (TPSA) is 36.7 Å². The average Bonchev–Trinajstić information content (AvgIpc) is 2.50. The molecule has 0 N–H and O–H groups in total. The van der Waals surface area contributed by atoms with Crippen LogP contribution in [0.5, 0.6) is 0 Å². The summed E-state index contributed by atoms with van der Waals surface area (Å²) in [6.07, 6.45) is 1.79. The summed E-state index contributed by atoms with van der Waals surface area (Å²) in [4.78, 5) is 4.55. The van der Waals surface area contributed by atoms with E-state index in [0.29, 0.717) is 5.92 Å². The minimum atomic E-state index is -0.299. The van der Waals surface area contributed by atoms with Crippen molar-refractivity contribution in [1.82, 2.24) is 4.98 Å². The van der Waals surface area contributed by atoms with Crippen molar-refractivity contribution in [1.29, 1.82) is 5.26 Å². The number of thiazole rings is 1. The van der Waals surface area contributed by atoms with Gasteiger partial charge in [0.2, 0.25) is 0 Å². The van der Waals surface area contributed by atoms with E-state index in [-0.39, 0.29) is 5.41 Å². The van der Waals surface area contributed by atoms with Crippen LogP contribution in [0.4, 0.5) is 0 Å². The van der Waals surface area contributed by atoms with Crippen molar-refractivity contribution >= 4 is 11.3 Å². The molecule has 0 saturated carbocycles. The Morgan fingerprint density at radius 1 is 1.53 bits per heavy atom. The molecular formula is C12H18N2S. The maximum atomic E-state index is 8.93. The number of nitrogens with zero attached hydrogens (tertiary/aromatic N) is 2. The number of aromatic nitrogens is 1. The molecule has 0 radical (unpaired) electrons. The third kappa shape index (κ3) is 4.01. The summed E-state index contributed by atoms with van der Waals surface area (Å²) >= 11 is 1.67. The molecule has 0 fully saturated rings. The monoisotopic (exact) mass is 222 g/mol. The van der Waals surface area contributed by atoms with Gasteiger partial charge in [0.25, 0.3) is 0 Å². The van der Waals surface area contributed by atoms with Crippen LogP contribution in [0.15, 0.2) is 5.38 Å². The molecule has 1 heterocycles.